The molecule has 0 saturated carbocycles. The van der Waals surface area contributed by atoms with Gasteiger partial charge in [0.25, 0.3) is 0 Å². The lowest BCUT2D eigenvalue weighted by Gasteiger charge is -2.15. The average molecular weight is 285 g/mol. The van der Waals surface area contributed by atoms with Crippen molar-refractivity contribution in [2.75, 3.05) is 25.0 Å². The van der Waals surface area contributed by atoms with E-state index in [9.17, 15) is 4.79 Å². The normalized spacial score (nSPS) is 15.2. The molecule has 1 aromatic heterocycles. The van der Waals surface area contributed by atoms with Crippen molar-refractivity contribution in [3.05, 3.63) is 17.0 Å². The molecule has 1 amide bonds. The number of hydrogen-bond donors (Lipinski definition) is 1. The van der Waals surface area contributed by atoms with Gasteiger partial charge in [0.15, 0.2) is 0 Å². The summed E-state index contributed by atoms with van der Waals surface area (Å²) in [5, 5.41) is 3.00. The molecule has 0 aromatic carbocycles. The minimum atomic E-state index is 0.128. The van der Waals surface area contributed by atoms with Gasteiger partial charge in [0.05, 0.1) is 11.0 Å². The quantitative estimate of drug-likeness (QED) is 0.908. The maximum absolute atomic E-state index is 11.7. The number of nitrogens with zero attached hydrogens (tertiary/aromatic N) is 3. The fraction of sp³-hybridized carbons (Fsp3) is 0.500. The van der Waals surface area contributed by atoms with Crippen molar-refractivity contribution < 1.29 is 4.79 Å². The number of carbonyl (C=O) groups excluding carboxylic acids is 1. The van der Waals surface area contributed by atoms with Gasteiger partial charge in [-0.25, -0.2) is 9.97 Å². The zero-order valence-electron chi connectivity index (χ0n) is 8.82. The first-order valence-corrected chi connectivity index (χ1v) is 6.04. The second kappa shape index (κ2) is 5.25. The predicted octanol–water partition coefficient (Wildman–Crippen LogP) is 1.27. The maximum Gasteiger partial charge on any atom is 0.241 e. The number of halogens is 1. The van der Waals surface area contributed by atoms with Crippen molar-refractivity contribution in [1.29, 1.82) is 0 Å². The Morgan fingerprint density at radius 1 is 1.50 bits per heavy atom. The standard InChI is InChI=1S/C10H13BrN4O/c11-8-5-12-7-14-10(8)13-6-9(16)15-3-1-2-4-15/h5,7H,1-4,6H2,(H,12,13,14). The third-order valence-electron chi connectivity index (χ3n) is 2.53. The molecule has 1 aromatic rings. The second-order valence-electron chi connectivity index (χ2n) is 3.66. The number of hydrogen-bond acceptors (Lipinski definition) is 4. The fourth-order valence-corrected chi connectivity index (χ4v) is 2.04. The minimum absolute atomic E-state index is 0.128. The monoisotopic (exact) mass is 284 g/mol. The molecule has 1 fully saturated rings. The van der Waals surface area contributed by atoms with E-state index in [1.807, 2.05) is 4.90 Å². The van der Waals surface area contributed by atoms with Crippen LogP contribution >= 0.6 is 15.9 Å². The Kier molecular flexibility index (Phi) is 3.71. The van der Waals surface area contributed by atoms with Gasteiger partial charge in [-0.3, -0.25) is 4.79 Å². The molecule has 0 unspecified atom stereocenters. The number of rotatable bonds is 3. The Bertz CT molecular complexity index is 379. The number of aromatic nitrogens is 2. The van der Waals surface area contributed by atoms with Crippen LogP contribution in [0.15, 0.2) is 17.0 Å². The molecule has 1 aliphatic rings. The molecule has 0 aliphatic carbocycles. The molecule has 2 rings (SSSR count). The summed E-state index contributed by atoms with van der Waals surface area (Å²) in [5.74, 6) is 0.783. The summed E-state index contributed by atoms with van der Waals surface area (Å²) in [6.45, 7) is 2.05. The predicted molar refractivity (Wildman–Crippen MR) is 64.0 cm³/mol. The van der Waals surface area contributed by atoms with Gasteiger partial charge in [0, 0.05) is 19.3 Å². The van der Waals surface area contributed by atoms with E-state index in [4.69, 9.17) is 0 Å². The fourth-order valence-electron chi connectivity index (χ4n) is 1.68. The topological polar surface area (TPSA) is 58.1 Å². The van der Waals surface area contributed by atoms with Crippen molar-refractivity contribution in [2.24, 2.45) is 0 Å². The first kappa shape index (κ1) is 11.3. The van der Waals surface area contributed by atoms with Crippen LogP contribution in [-0.2, 0) is 4.79 Å². The zero-order chi connectivity index (χ0) is 11.4. The minimum Gasteiger partial charge on any atom is -0.360 e. The Labute approximate surface area is 102 Å². The first-order chi connectivity index (χ1) is 7.77. The van der Waals surface area contributed by atoms with Crippen LogP contribution in [0.1, 0.15) is 12.8 Å². The Hall–Kier alpha value is -1.17. The molecule has 6 heteroatoms. The van der Waals surface area contributed by atoms with E-state index in [1.165, 1.54) is 6.33 Å². The number of anilines is 1. The molecular formula is C10H13BrN4O. The van der Waals surface area contributed by atoms with Crippen LogP contribution in [0.4, 0.5) is 5.82 Å². The average Bonchev–Trinajstić information content (AvgIpc) is 2.81. The van der Waals surface area contributed by atoms with Gasteiger partial charge >= 0.3 is 0 Å². The number of nitrogens with one attached hydrogen (secondary N) is 1. The molecule has 2 heterocycles. The molecule has 0 bridgehead atoms. The summed E-state index contributed by atoms with van der Waals surface area (Å²) in [6.07, 6.45) is 5.33. The van der Waals surface area contributed by atoms with Gasteiger partial charge < -0.3 is 10.2 Å². The van der Waals surface area contributed by atoms with E-state index in [0.29, 0.717) is 5.82 Å². The Morgan fingerprint density at radius 3 is 2.94 bits per heavy atom. The Balaban J connectivity index is 1.87. The lowest BCUT2D eigenvalue weighted by molar-refractivity contribution is -0.128. The summed E-state index contributed by atoms with van der Waals surface area (Å²) in [6, 6.07) is 0. The number of amides is 1. The van der Waals surface area contributed by atoms with Crippen molar-refractivity contribution in [1.82, 2.24) is 14.9 Å². The van der Waals surface area contributed by atoms with E-state index in [-0.39, 0.29) is 12.5 Å². The van der Waals surface area contributed by atoms with Crippen LogP contribution < -0.4 is 5.32 Å². The largest absolute Gasteiger partial charge is 0.360 e. The SMILES string of the molecule is O=C(CNc1ncncc1Br)N1CCCC1. The summed E-state index contributed by atoms with van der Waals surface area (Å²) in [4.78, 5) is 21.5. The van der Waals surface area contributed by atoms with E-state index in [1.54, 1.807) is 6.20 Å². The molecule has 1 saturated heterocycles. The number of likely N-dealkylation sites (tertiary alicyclic amines) is 1. The molecule has 0 radical (unpaired) electrons. The summed E-state index contributed by atoms with van der Waals surface area (Å²) in [7, 11) is 0. The Morgan fingerprint density at radius 2 is 2.25 bits per heavy atom. The molecule has 1 N–H and O–H groups in total. The van der Waals surface area contributed by atoms with Gasteiger partial charge in [-0.15, -0.1) is 0 Å². The van der Waals surface area contributed by atoms with E-state index in [0.717, 1.165) is 30.4 Å². The molecule has 5 nitrogen and oxygen atoms in total. The summed E-state index contributed by atoms with van der Waals surface area (Å²) >= 11 is 3.32. The summed E-state index contributed by atoms with van der Waals surface area (Å²) < 4.78 is 0.768. The molecule has 1 aliphatic heterocycles. The molecular weight excluding hydrogens is 272 g/mol. The van der Waals surface area contributed by atoms with Crippen molar-refractivity contribution in [2.45, 2.75) is 12.8 Å². The zero-order valence-corrected chi connectivity index (χ0v) is 10.4. The maximum atomic E-state index is 11.7. The highest BCUT2D eigenvalue weighted by Gasteiger charge is 2.17. The van der Waals surface area contributed by atoms with Crippen LogP contribution in [-0.4, -0.2) is 40.4 Å². The highest BCUT2D eigenvalue weighted by atomic mass is 79.9. The second-order valence-corrected chi connectivity index (χ2v) is 4.52. The summed E-state index contributed by atoms with van der Waals surface area (Å²) in [5.41, 5.74) is 0. The third kappa shape index (κ3) is 2.69. The van der Waals surface area contributed by atoms with E-state index < -0.39 is 0 Å². The lowest BCUT2D eigenvalue weighted by atomic mass is 10.4. The molecule has 86 valence electrons. The van der Waals surface area contributed by atoms with Crippen molar-refractivity contribution in [3.63, 3.8) is 0 Å². The van der Waals surface area contributed by atoms with Gasteiger partial charge in [0.1, 0.15) is 12.1 Å². The lowest BCUT2D eigenvalue weighted by Crippen LogP contribution is -2.33. The van der Waals surface area contributed by atoms with Crippen molar-refractivity contribution >= 4 is 27.7 Å². The van der Waals surface area contributed by atoms with Crippen molar-refractivity contribution in [3.8, 4) is 0 Å². The van der Waals surface area contributed by atoms with E-state index >= 15 is 0 Å². The smallest absolute Gasteiger partial charge is 0.241 e. The van der Waals surface area contributed by atoms with Crippen LogP contribution in [0.5, 0.6) is 0 Å². The highest BCUT2D eigenvalue weighted by molar-refractivity contribution is 9.10. The number of carbonyl (C=O) groups is 1. The third-order valence-corrected chi connectivity index (χ3v) is 3.11. The highest BCUT2D eigenvalue weighted by Crippen LogP contribution is 2.16. The molecule has 0 spiro atoms. The van der Waals surface area contributed by atoms with Crippen LogP contribution in [0, 0.1) is 0 Å². The van der Waals surface area contributed by atoms with Gasteiger partial charge in [-0.05, 0) is 28.8 Å². The molecule has 16 heavy (non-hydrogen) atoms. The van der Waals surface area contributed by atoms with Gasteiger partial charge in [-0.2, -0.15) is 0 Å². The van der Waals surface area contributed by atoms with Crippen LogP contribution in [0.3, 0.4) is 0 Å². The van der Waals surface area contributed by atoms with Gasteiger partial charge in [-0.1, -0.05) is 0 Å². The van der Waals surface area contributed by atoms with Crippen LogP contribution in [0.25, 0.3) is 0 Å². The van der Waals surface area contributed by atoms with Gasteiger partial charge in [0.2, 0.25) is 5.91 Å². The van der Waals surface area contributed by atoms with E-state index in [2.05, 4.69) is 31.2 Å². The van der Waals surface area contributed by atoms with Crippen LogP contribution in [0.2, 0.25) is 0 Å². The first-order valence-electron chi connectivity index (χ1n) is 5.24. The molecule has 0 atom stereocenters.